The van der Waals surface area contributed by atoms with E-state index in [9.17, 15) is 8.42 Å². The first-order valence-electron chi connectivity index (χ1n) is 10.4. The van der Waals surface area contributed by atoms with Gasteiger partial charge in [0.25, 0.3) is 0 Å². The molecular formula is C25H25N3O2S2. The summed E-state index contributed by atoms with van der Waals surface area (Å²) in [6.45, 7) is 1.70. The van der Waals surface area contributed by atoms with Crippen LogP contribution in [0, 0.1) is 0 Å². The molecule has 0 saturated heterocycles. The first-order valence-corrected chi connectivity index (χ1v) is 12.7. The molecule has 0 amide bonds. The molecule has 2 aromatic heterocycles. The second kappa shape index (κ2) is 10.7. The maximum absolute atomic E-state index is 12.6. The van der Waals surface area contributed by atoms with Gasteiger partial charge in [-0.2, -0.15) is 0 Å². The van der Waals surface area contributed by atoms with Crippen molar-refractivity contribution in [2.24, 2.45) is 0 Å². The summed E-state index contributed by atoms with van der Waals surface area (Å²) in [7, 11) is -3.51. The molecule has 0 aliphatic rings. The first kappa shape index (κ1) is 22.4. The Morgan fingerprint density at radius 3 is 2.22 bits per heavy atom. The molecule has 0 fully saturated rings. The number of benzene rings is 2. The summed E-state index contributed by atoms with van der Waals surface area (Å²) in [6.07, 6.45) is 4.16. The van der Waals surface area contributed by atoms with Crippen molar-refractivity contribution in [2.45, 2.75) is 23.7 Å². The van der Waals surface area contributed by atoms with E-state index in [0.717, 1.165) is 21.6 Å². The van der Waals surface area contributed by atoms with Crippen LogP contribution < -0.4 is 10.0 Å². The molecule has 2 heterocycles. The quantitative estimate of drug-likeness (QED) is 0.360. The summed E-state index contributed by atoms with van der Waals surface area (Å²) in [5.41, 5.74) is 4.56. The molecule has 4 rings (SSSR count). The van der Waals surface area contributed by atoms with E-state index in [1.807, 2.05) is 48.5 Å². The van der Waals surface area contributed by atoms with Crippen molar-refractivity contribution >= 4 is 21.4 Å². The molecule has 2 N–H and O–H groups in total. The van der Waals surface area contributed by atoms with Gasteiger partial charge in [-0.3, -0.25) is 4.98 Å². The fraction of sp³-hybridized carbons (Fsp3) is 0.160. The number of aromatic nitrogens is 1. The Labute approximate surface area is 193 Å². The van der Waals surface area contributed by atoms with Crippen LogP contribution in [0.1, 0.15) is 16.0 Å². The van der Waals surface area contributed by atoms with Crippen LogP contribution in [0.5, 0.6) is 0 Å². The lowest BCUT2D eigenvalue weighted by molar-refractivity contribution is 0.584. The molecule has 0 spiro atoms. The van der Waals surface area contributed by atoms with Gasteiger partial charge in [0.1, 0.15) is 4.21 Å². The summed E-state index contributed by atoms with van der Waals surface area (Å²) >= 11 is 1.30. The number of pyridine rings is 1. The van der Waals surface area contributed by atoms with Crippen molar-refractivity contribution < 1.29 is 8.42 Å². The Bertz CT molecular complexity index is 1220. The SMILES string of the molecule is O=S(=O)(NCCc1ccc(-c2ccccc2)cc1)c1ccc(CNCc2ccncc2)s1. The van der Waals surface area contributed by atoms with Gasteiger partial charge in [-0.1, -0.05) is 54.6 Å². The molecule has 0 aliphatic heterocycles. The molecule has 0 bridgehead atoms. The molecule has 5 nitrogen and oxygen atoms in total. The minimum Gasteiger partial charge on any atom is -0.308 e. The van der Waals surface area contributed by atoms with E-state index in [2.05, 4.69) is 39.3 Å². The van der Waals surface area contributed by atoms with Gasteiger partial charge in [-0.25, -0.2) is 13.1 Å². The molecule has 0 saturated carbocycles. The topological polar surface area (TPSA) is 71.1 Å². The summed E-state index contributed by atoms with van der Waals surface area (Å²) in [5.74, 6) is 0. The van der Waals surface area contributed by atoms with Crippen LogP contribution in [-0.2, 0) is 29.5 Å². The Balaban J connectivity index is 1.26. The number of hydrogen-bond donors (Lipinski definition) is 2. The minimum absolute atomic E-state index is 0.345. The van der Waals surface area contributed by atoms with E-state index in [4.69, 9.17) is 0 Å². The zero-order valence-corrected chi connectivity index (χ0v) is 19.2. The monoisotopic (exact) mass is 463 g/mol. The zero-order valence-electron chi connectivity index (χ0n) is 17.6. The van der Waals surface area contributed by atoms with Crippen molar-refractivity contribution in [1.82, 2.24) is 15.0 Å². The normalized spacial score (nSPS) is 11.5. The van der Waals surface area contributed by atoms with Crippen LogP contribution in [0.2, 0.25) is 0 Å². The predicted octanol–water partition coefficient (Wildman–Crippen LogP) is 4.62. The highest BCUT2D eigenvalue weighted by Crippen LogP contribution is 2.22. The van der Waals surface area contributed by atoms with Gasteiger partial charge in [0.05, 0.1) is 0 Å². The summed E-state index contributed by atoms with van der Waals surface area (Å²) < 4.78 is 28.3. The molecule has 0 atom stereocenters. The number of rotatable bonds is 10. The summed E-state index contributed by atoms with van der Waals surface area (Å²) in [4.78, 5) is 4.99. The minimum atomic E-state index is -3.51. The third-order valence-electron chi connectivity index (χ3n) is 5.05. The molecule has 7 heteroatoms. The Kier molecular flexibility index (Phi) is 7.44. The third-order valence-corrected chi connectivity index (χ3v) is 8.08. The Morgan fingerprint density at radius 2 is 1.47 bits per heavy atom. The molecule has 0 radical (unpaired) electrons. The second-order valence-corrected chi connectivity index (χ2v) is 10.6. The van der Waals surface area contributed by atoms with Crippen LogP contribution in [0.15, 0.2) is 95.5 Å². The zero-order chi connectivity index (χ0) is 22.2. The van der Waals surface area contributed by atoms with Crippen LogP contribution in [0.4, 0.5) is 0 Å². The maximum atomic E-state index is 12.6. The molecule has 32 heavy (non-hydrogen) atoms. The highest BCUT2D eigenvalue weighted by Gasteiger charge is 2.16. The van der Waals surface area contributed by atoms with E-state index in [1.165, 1.54) is 16.9 Å². The van der Waals surface area contributed by atoms with Crippen molar-refractivity contribution in [2.75, 3.05) is 6.54 Å². The lowest BCUT2D eigenvalue weighted by Gasteiger charge is -2.07. The van der Waals surface area contributed by atoms with Crippen molar-refractivity contribution in [1.29, 1.82) is 0 Å². The average Bonchev–Trinajstić information content (AvgIpc) is 3.31. The van der Waals surface area contributed by atoms with E-state index in [1.54, 1.807) is 18.5 Å². The van der Waals surface area contributed by atoms with E-state index < -0.39 is 10.0 Å². The average molecular weight is 464 g/mol. The van der Waals surface area contributed by atoms with Gasteiger partial charge >= 0.3 is 0 Å². The molecule has 4 aromatic rings. The fourth-order valence-electron chi connectivity index (χ4n) is 3.32. The maximum Gasteiger partial charge on any atom is 0.250 e. The Hall–Kier alpha value is -2.84. The Morgan fingerprint density at radius 1 is 0.750 bits per heavy atom. The third kappa shape index (κ3) is 6.11. The van der Waals surface area contributed by atoms with Gasteiger partial charge in [0.2, 0.25) is 10.0 Å². The molecule has 0 unspecified atom stereocenters. The van der Waals surface area contributed by atoms with E-state index >= 15 is 0 Å². The predicted molar refractivity (Wildman–Crippen MR) is 130 cm³/mol. The lowest BCUT2D eigenvalue weighted by Crippen LogP contribution is -2.25. The highest BCUT2D eigenvalue weighted by atomic mass is 32.2. The van der Waals surface area contributed by atoms with Crippen molar-refractivity contribution in [3.63, 3.8) is 0 Å². The van der Waals surface area contributed by atoms with Crippen LogP contribution in [-0.4, -0.2) is 19.9 Å². The largest absolute Gasteiger partial charge is 0.308 e. The summed E-state index contributed by atoms with van der Waals surface area (Å²) in [5, 5.41) is 3.33. The van der Waals surface area contributed by atoms with Crippen molar-refractivity contribution in [3.8, 4) is 11.1 Å². The van der Waals surface area contributed by atoms with Gasteiger partial charge in [-0.15, -0.1) is 11.3 Å². The van der Waals surface area contributed by atoms with Crippen molar-refractivity contribution in [3.05, 3.63) is 107 Å². The molecule has 164 valence electrons. The highest BCUT2D eigenvalue weighted by molar-refractivity contribution is 7.91. The molecule has 0 aliphatic carbocycles. The first-order chi connectivity index (χ1) is 15.6. The van der Waals surface area contributed by atoms with Crippen LogP contribution in [0.25, 0.3) is 11.1 Å². The van der Waals surface area contributed by atoms with E-state index in [0.29, 0.717) is 30.3 Å². The van der Waals surface area contributed by atoms with Crippen LogP contribution in [0.3, 0.4) is 0 Å². The number of sulfonamides is 1. The molecular weight excluding hydrogens is 438 g/mol. The summed E-state index contributed by atoms with van der Waals surface area (Å²) in [6, 6.07) is 25.9. The fourth-order valence-corrected chi connectivity index (χ4v) is 5.73. The number of nitrogens with zero attached hydrogens (tertiary/aromatic N) is 1. The van der Waals surface area contributed by atoms with Gasteiger partial charge in [0, 0.05) is 36.9 Å². The van der Waals surface area contributed by atoms with E-state index in [-0.39, 0.29) is 0 Å². The van der Waals surface area contributed by atoms with Gasteiger partial charge in [0.15, 0.2) is 0 Å². The van der Waals surface area contributed by atoms with Gasteiger partial charge < -0.3 is 5.32 Å². The number of hydrogen-bond acceptors (Lipinski definition) is 5. The standard InChI is InChI=1S/C25H25N3O2S2/c29-32(30,25-11-10-24(31-25)19-27-18-21-12-15-26-16-13-21)28-17-14-20-6-8-23(9-7-20)22-4-2-1-3-5-22/h1-13,15-16,27-28H,14,17-19H2. The lowest BCUT2D eigenvalue weighted by atomic mass is 10.0. The number of nitrogens with one attached hydrogen (secondary N) is 2. The second-order valence-electron chi connectivity index (χ2n) is 7.39. The van der Waals surface area contributed by atoms with Crippen LogP contribution >= 0.6 is 11.3 Å². The number of thiophene rings is 1. The van der Waals surface area contributed by atoms with Gasteiger partial charge in [-0.05, 0) is 52.9 Å². The molecule has 2 aromatic carbocycles. The smallest absolute Gasteiger partial charge is 0.250 e.